The second-order valence-corrected chi connectivity index (χ2v) is 7.46. The molecule has 154 valence electrons. The molecular weight excluding hydrogens is 408 g/mol. The van der Waals surface area contributed by atoms with Crippen molar-refractivity contribution in [1.29, 1.82) is 0 Å². The van der Waals surface area contributed by atoms with Crippen molar-refractivity contribution in [3.63, 3.8) is 0 Å². The van der Waals surface area contributed by atoms with Crippen LogP contribution in [0.5, 0.6) is 5.88 Å². The van der Waals surface area contributed by atoms with Crippen LogP contribution >= 0.6 is 11.6 Å². The van der Waals surface area contributed by atoms with Crippen LogP contribution in [0.3, 0.4) is 0 Å². The Kier molecular flexibility index (Phi) is 5.33. The highest BCUT2D eigenvalue weighted by Gasteiger charge is 2.30. The average Bonchev–Trinajstić information content (AvgIpc) is 3.05. The molecule has 4 amide bonds. The number of piperidine rings is 1. The van der Waals surface area contributed by atoms with Gasteiger partial charge in [-0.3, -0.25) is 14.9 Å². The van der Waals surface area contributed by atoms with Crippen LogP contribution in [0.2, 0.25) is 5.02 Å². The molecule has 4 N–H and O–H groups in total. The van der Waals surface area contributed by atoms with E-state index >= 15 is 0 Å². The molecule has 0 aliphatic carbocycles. The summed E-state index contributed by atoms with van der Waals surface area (Å²) in [7, 11) is 0. The van der Waals surface area contributed by atoms with E-state index < -0.39 is 11.9 Å². The maximum absolute atomic E-state index is 12.2. The highest BCUT2D eigenvalue weighted by atomic mass is 35.5. The number of carbonyl (C=O) groups is 3. The molecule has 1 aromatic heterocycles. The number of aromatic nitrogens is 1. The van der Waals surface area contributed by atoms with Gasteiger partial charge in [-0.15, -0.1) is 0 Å². The third-order valence-electron chi connectivity index (χ3n) is 5.04. The Morgan fingerprint density at radius 2 is 1.93 bits per heavy atom. The molecule has 0 radical (unpaired) electrons. The van der Waals surface area contributed by atoms with Gasteiger partial charge in [-0.2, -0.15) is 0 Å². The number of carbonyl (C=O) groups excluding carboxylic acids is 3. The topological polar surface area (TPSA) is 112 Å². The molecular formula is C21H19ClN4O4. The van der Waals surface area contributed by atoms with Gasteiger partial charge >= 0.3 is 6.03 Å². The smallest absolute Gasteiger partial charge is 0.319 e. The van der Waals surface area contributed by atoms with Gasteiger partial charge in [0.2, 0.25) is 11.8 Å². The number of rotatable bonds is 4. The third-order valence-corrected chi connectivity index (χ3v) is 5.29. The van der Waals surface area contributed by atoms with Crippen LogP contribution in [0.15, 0.2) is 48.7 Å². The largest absolute Gasteiger partial charge is 0.494 e. The zero-order valence-corrected chi connectivity index (χ0v) is 16.6. The number of imide groups is 1. The lowest BCUT2D eigenvalue weighted by atomic mass is 10.1. The van der Waals surface area contributed by atoms with Gasteiger partial charge in [0.15, 0.2) is 5.88 Å². The summed E-state index contributed by atoms with van der Waals surface area (Å²) in [5.74, 6) is -0.806. The molecule has 0 bridgehead atoms. The molecule has 2 aromatic carbocycles. The first-order valence-corrected chi connectivity index (χ1v) is 9.75. The van der Waals surface area contributed by atoms with Gasteiger partial charge in [0, 0.05) is 40.6 Å². The van der Waals surface area contributed by atoms with Gasteiger partial charge in [0.1, 0.15) is 6.04 Å². The van der Waals surface area contributed by atoms with E-state index in [1.807, 2.05) is 6.07 Å². The number of nitrogens with zero attached hydrogens (tertiary/aromatic N) is 1. The molecule has 1 fully saturated rings. The molecule has 1 atom stereocenters. The molecule has 8 nitrogen and oxygen atoms in total. The SMILES string of the molecule is O=C1CCC(n2cc3c(CNC(=O)Nc4ccc(Cl)cc4)cccc3c2O)C(=O)N1. The number of urea groups is 1. The number of hydrogen-bond donors (Lipinski definition) is 4. The second-order valence-electron chi connectivity index (χ2n) is 7.02. The summed E-state index contributed by atoms with van der Waals surface area (Å²) in [6.07, 6.45) is 2.21. The molecule has 1 aliphatic heterocycles. The fraction of sp³-hybridized carbons (Fsp3) is 0.190. The van der Waals surface area contributed by atoms with Crippen LogP contribution in [-0.4, -0.2) is 27.5 Å². The van der Waals surface area contributed by atoms with Crippen molar-refractivity contribution in [1.82, 2.24) is 15.2 Å². The molecule has 0 saturated carbocycles. The Bertz CT molecular complexity index is 1140. The summed E-state index contributed by atoms with van der Waals surface area (Å²) < 4.78 is 1.48. The second kappa shape index (κ2) is 8.08. The Labute approximate surface area is 176 Å². The minimum atomic E-state index is -0.663. The number of fused-ring (bicyclic) bond motifs is 1. The molecule has 1 unspecified atom stereocenters. The van der Waals surface area contributed by atoms with E-state index in [1.165, 1.54) is 4.57 Å². The summed E-state index contributed by atoms with van der Waals surface area (Å²) >= 11 is 5.84. The lowest BCUT2D eigenvalue weighted by molar-refractivity contribution is -0.135. The first kappa shape index (κ1) is 19.8. The van der Waals surface area contributed by atoms with Crippen molar-refractivity contribution >= 4 is 45.9 Å². The summed E-state index contributed by atoms with van der Waals surface area (Å²) in [5.41, 5.74) is 1.39. The van der Waals surface area contributed by atoms with Crippen molar-refractivity contribution in [3.8, 4) is 5.88 Å². The van der Waals surface area contributed by atoms with Gasteiger partial charge in [-0.1, -0.05) is 23.7 Å². The monoisotopic (exact) mass is 426 g/mol. The molecule has 9 heteroatoms. The number of anilines is 1. The normalized spacial score (nSPS) is 16.4. The van der Waals surface area contributed by atoms with Crippen molar-refractivity contribution in [2.75, 3.05) is 5.32 Å². The summed E-state index contributed by atoms with van der Waals surface area (Å²) in [6, 6.07) is 11.0. The number of halogens is 1. The standard InChI is InChI=1S/C21H19ClN4O4/c22-13-4-6-14(7-5-13)24-21(30)23-10-12-2-1-3-15-16(12)11-26(20(15)29)17-8-9-18(27)25-19(17)28/h1-7,11,17,29H,8-10H2,(H2,23,24,30)(H,25,27,28). The predicted octanol–water partition coefficient (Wildman–Crippen LogP) is 3.30. The average molecular weight is 427 g/mol. The van der Waals surface area contributed by atoms with E-state index in [0.29, 0.717) is 27.9 Å². The Balaban J connectivity index is 1.52. The van der Waals surface area contributed by atoms with E-state index in [-0.39, 0.29) is 30.8 Å². The maximum atomic E-state index is 12.2. The van der Waals surface area contributed by atoms with Crippen LogP contribution in [0.25, 0.3) is 10.8 Å². The van der Waals surface area contributed by atoms with Crippen molar-refractivity contribution in [2.45, 2.75) is 25.4 Å². The number of hydrogen-bond acceptors (Lipinski definition) is 4. The van der Waals surface area contributed by atoms with Crippen LogP contribution in [0.1, 0.15) is 24.4 Å². The summed E-state index contributed by atoms with van der Waals surface area (Å²) in [5, 5.41) is 20.3. The number of aromatic hydroxyl groups is 1. The lowest BCUT2D eigenvalue weighted by Gasteiger charge is -2.22. The highest BCUT2D eigenvalue weighted by Crippen LogP contribution is 2.34. The van der Waals surface area contributed by atoms with Crippen molar-refractivity contribution in [2.24, 2.45) is 0 Å². The van der Waals surface area contributed by atoms with E-state index in [9.17, 15) is 19.5 Å². The minimum Gasteiger partial charge on any atom is -0.494 e. The molecule has 3 aromatic rings. The predicted molar refractivity (Wildman–Crippen MR) is 112 cm³/mol. The van der Waals surface area contributed by atoms with Crippen LogP contribution in [0, 0.1) is 0 Å². The first-order valence-electron chi connectivity index (χ1n) is 9.38. The van der Waals surface area contributed by atoms with Gasteiger partial charge < -0.3 is 20.3 Å². The number of benzene rings is 2. The maximum Gasteiger partial charge on any atom is 0.319 e. The van der Waals surface area contributed by atoms with E-state index in [0.717, 1.165) is 5.56 Å². The first-order chi connectivity index (χ1) is 14.4. The number of nitrogens with one attached hydrogen (secondary N) is 3. The molecule has 4 rings (SSSR count). The van der Waals surface area contributed by atoms with Crippen LogP contribution in [-0.2, 0) is 16.1 Å². The highest BCUT2D eigenvalue weighted by molar-refractivity contribution is 6.30. The van der Waals surface area contributed by atoms with E-state index in [2.05, 4.69) is 16.0 Å². The molecule has 1 saturated heterocycles. The fourth-order valence-electron chi connectivity index (χ4n) is 3.52. The quantitative estimate of drug-likeness (QED) is 0.479. The lowest BCUT2D eigenvalue weighted by Crippen LogP contribution is -2.41. The third kappa shape index (κ3) is 3.95. The zero-order chi connectivity index (χ0) is 21.3. The van der Waals surface area contributed by atoms with Crippen molar-refractivity contribution in [3.05, 3.63) is 59.2 Å². The van der Waals surface area contributed by atoms with Crippen LogP contribution < -0.4 is 16.0 Å². The molecule has 1 aliphatic rings. The fourth-order valence-corrected chi connectivity index (χ4v) is 3.65. The molecule has 0 spiro atoms. The molecule has 30 heavy (non-hydrogen) atoms. The van der Waals surface area contributed by atoms with Crippen LogP contribution in [0.4, 0.5) is 10.5 Å². The Morgan fingerprint density at radius 1 is 1.17 bits per heavy atom. The summed E-state index contributed by atoms with van der Waals surface area (Å²) in [6.45, 7) is 0.218. The van der Waals surface area contributed by atoms with E-state index in [1.54, 1.807) is 42.6 Å². The Morgan fingerprint density at radius 3 is 2.67 bits per heavy atom. The minimum absolute atomic E-state index is 0.0491. The van der Waals surface area contributed by atoms with Gasteiger partial charge in [-0.25, -0.2) is 4.79 Å². The van der Waals surface area contributed by atoms with E-state index in [4.69, 9.17) is 11.6 Å². The van der Waals surface area contributed by atoms with Gasteiger partial charge in [-0.05, 0) is 42.3 Å². The number of amides is 4. The Hall–Kier alpha value is -3.52. The molecule has 2 heterocycles. The van der Waals surface area contributed by atoms with Gasteiger partial charge in [0.05, 0.1) is 0 Å². The van der Waals surface area contributed by atoms with Gasteiger partial charge in [0.25, 0.3) is 0 Å². The summed E-state index contributed by atoms with van der Waals surface area (Å²) in [4.78, 5) is 35.8. The van der Waals surface area contributed by atoms with Crippen molar-refractivity contribution < 1.29 is 19.5 Å². The zero-order valence-electron chi connectivity index (χ0n) is 15.8.